The number of ketones is 1. The SMILES string of the molecule is O=C1Nc2ccc(-c3ccc[nH]3)cc2C1=O. The lowest BCUT2D eigenvalue weighted by Crippen LogP contribution is -2.12. The third-order valence-corrected chi connectivity index (χ3v) is 2.63. The highest BCUT2D eigenvalue weighted by Gasteiger charge is 2.27. The van der Waals surface area contributed by atoms with Crippen LogP contribution in [0.2, 0.25) is 0 Å². The van der Waals surface area contributed by atoms with Crippen LogP contribution in [0.4, 0.5) is 5.69 Å². The fourth-order valence-electron chi connectivity index (χ4n) is 1.82. The number of fused-ring (bicyclic) bond motifs is 1. The van der Waals surface area contributed by atoms with E-state index in [1.54, 1.807) is 12.1 Å². The number of anilines is 1. The van der Waals surface area contributed by atoms with E-state index in [1.165, 1.54) is 0 Å². The molecule has 4 nitrogen and oxygen atoms in total. The lowest BCUT2D eigenvalue weighted by Gasteiger charge is -2.01. The first-order valence-corrected chi connectivity index (χ1v) is 4.89. The van der Waals surface area contributed by atoms with Crippen LogP contribution in [0.25, 0.3) is 11.3 Å². The summed E-state index contributed by atoms with van der Waals surface area (Å²) in [4.78, 5) is 25.7. The van der Waals surface area contributed by atoms with Gasteiger partial charge in [-0.05, 0) is 29.8 Å². The van der Waals surface area contributed by atoms with Gasteiger partial charge in [-0.3, -0.25) is 9.59 Å². The summed E-state index contributed by atoms with van der Waals surface area (Å²) in [5, 5.41) is 2.52. The summed E-state index contributed by atoms with van der Waals surface area (Å²) in [6.45, 7) is 0. The van der Waals surface area contributed by atoms with Crippen LogP contribution in [0.3, 0.4) is 0 Å². The summed E-state index contributed by atoms with van der Waals surface area (Å²) >= 11 is 0. The van der Waals surface area contributed by atoms with E-state index in [-0.39, 0.29) is 0 Å². The van der Waals surface area contributed by atoms with E-state index in [1.807, 2.05) is 24.4 Å². The van der Waals surface area contributed by atoms with Gasteiger partial charge >= 0.3 is 0 Å². The summed E-state index contributed by atoms with van der Waals surface area (Å²) in [6.07, 6.45) is 1.81. The number of carbonyl (C=O) groups excluding carboxylic acids is 2. The van der Waals surface area contributed by atoms with Gasteiger partial charge in [0.25, 0.3) is 11.7 Å². The maximum absolute atomic E-state index is 11.5. The molecule has 4 heteroatoms. The van der Waals surface area contributed by atoms with E-state index in [0.29, 0.717) is 11.3 Å². The van der Waals surface area contributed by atoms with Crippen LogP contribution in [0.5, 0.6) is 0 Å². The molecular formula is C12H8N2O2. The van der Waals surface area contributed by atoms with Crippen molar-refractivity contribution in [3.63, 3.8) is 0 Å². The largest absolute Gasteiger partial charge is 0.361 e. The summed E-state index contributed by atoms with van der Waals surface area (Å²) < 4.78 is 0. The molecule has 1 aliphatic heterocycles. The second-order valence-corrected chi connectivity index (χ2v) is 3.63. The molecule has 1 aliphatic rings. The number of Topliss-reactive ketones (excluding diaryl/α,β-unsaturated/α-hetero) is 1. The van der Waals surface area contributed by atoms with E-state index < -0.39 is 11.7 Å². The maximum Gasteiger partial charge on any atom is 0.296 e. The van der Waals surface area contributed by atoms with Crippen LogP contribution in [-0.4, -0.2) is 16.7 Å². The second kappa shape index (κ2) is 3.06. The predicted molar refractivity (Wildman–Crippen MR) is 59.2 cm³/mol. The molecule has 0 aliphatic carbocycles. The standard InChI is InChI=1S/C12H8N2O2/c15-11-8-6-7(9-2-1-5-13-9)3-4-10(8)14-12(11)16/h1-6,13H,(H,14,15,16). The number of hydrogen-bond acceptors (Lipinski definition) is 2. The molecule has 0 bridgehead atoms. The lowest BCUT2D eigenvalue weighted by molar-refractivity contribution is -0.112. The minimum Gasteiger partial charge on any atom is -0.361 e. The van der Waals surface area contributed by atoms with E-state index >= 15 is 0 Å². The van der Waals surface area contributed by atoms with Crippen LogP contribution in [-0.2, 0) is 4.79 Å². The van der Waals surface area contributed by atoms with Crippen LogP contribution >= 0.6 is 0 Å². The molecule has 0 saturated heterocycles. The maximum atomic E-state index is 11.5. The molecule has 16 heavy (non-hydrogen) atoms. The first-order valence-electron chi connectivity index (χ1n) is 4.89. The zero-order chi connectivity index (χ0) is 11.1. The molecule has 0 spiro atoms. The highest BCUT2D eigenvalue weighted by atomic mass is 16.2. The van der Waals surface area contributed by atoms with Gasteiger partial charge in [0.2, 0.25) is 0 Å². The third kappa shape index (κ3) is 1.16. The molecule has 78 valence electrons. The average Bonchev–Trinajstić information content (AvgIpc) is 2.89. The first kappa shape index (κ1) is 8.91. The third-order valence-electron chi connectivity index (χ3n) is 2.63. The zero-order valence-electron chi connectivity index (χ0n) is 8.28. The molecule has 1 aromatic heterocycles. The smallest absolute Gasteiger partial charge is 0.296 e. The number of benzene rings is 1. The number of hydrogen-bond donors (Lipinski definition) is 2. The Morgan fingerprint density at radius 2 is 1.94 bits per heavy atom. The molecule has 2 heterocycles. The predicted octanol–water partition coefficient (Wildman–Crippen LogP) is 1.82. The van der Waals surface area contributed by atoms with E-state index in [0.717, 1.165) is 11.3 Å². The minimum atomic E-state index is -0.557. The number of rotatable bonds is 1. The number of amides is 1. The Bertz CT molecular complexity index is 585. The Kier molecular flexibility index (Phi) is 1.71. The van der Waals surface area contributed by atoms with Crippen molar-refractivity contribution in [1.29, 1.82) is 0 Å². The van der Waals surface area contributed by atoms with E-state index in [9.17, 15) is 9.59 Å². The first-order chi connectivity index (χ1) is 7.75. The topological polar surface area (TPSA) is 62.0 Å². The van der Waals surface area contributed by atoms with Gasteiger partial charge in [-0.15, -0.1) is 0 Å². The molecule has 2 aromatic rings. The van der Waals surface area contributed by atoms with Crippen LogP contribution < -0.4 is 5.32 Å². The van der Waals surface area contributed by atoms with Gasteiger partial charge in [0.15, 0.2) is 0 Å². The Hall–Kier alpha value is -2.36. The van der Waals surface area contributed by atoms with Gasteiger partial charge in [-0.2, -0.15) is 0 Å². The van der Waals surface area contributed by atoms with Crippen LogP contribution in [0.1, 0.15) is 10.4 Å². The molecule has 0 atom stereocenters. The molecule has 3 rings (SSSR count). The van der Waals surface area contributed by atoms with Crippen LogP contribution in [0, 0.1) is 0 Å². The number of aromatic amines is 1. The van der Waals surface area contributed by atoms with Crippen LogP contribution in [0.15, 0.2) is 36.5 Å². The van der Waals surface area contributed by atoms with Gasteiger partial charge in [0.05, 0.1) is 11.3 Å². The number of aromatic nitrogens is 1. The van der Waals surface area contributed by atoms with E-state index in [4.69, 9.17) is 0 Å². The average molecular weight is 212 g/mol. The molecule has 0 saturated carbocycles. The molecule has 0 unspecified atom stereocenters. The lowest BCUT2D eigenvalue weighted by atomic mass is 10.1. The van der Waals surface area contributed by atoms with Gasteiger partial charge in [0.1, 0.15) is 0 Å². The number of carbonyl (C=O) groups is 2. The van der Waals surface area contributed by atoms with Gasteiger partial charge < -0.3 is 10.3 Å². The molecule has 0 radical (unpaired) electrons. The quantitative estimate of drug-likeness (QED) is 0.708. The Morgan fingerprint density at radius 1 is 1.06 bits per heavy atom. The van der Waals surface area contributed by atoms with Crippen molar-refractivity contribution >= 4 is 17.4 Å². The van der Waals surface area contributed by atoms with Gasteiger partial charge in [-0.25, -0.2) is 0 Å². The Balaban J connectivity index is 2.14. The fourth-order valence-corrected chi connectivity index (χ4v) is 1.82. The van der Waals surface area contributed by atoms with Gasteiger partial charge in [0, 0.05) is 11.9 Å². The van der Waals surface area contributed by atoms with Crippen molar-refractivity contribution in [2.75, 3.05) is 5.32 Å². The highest BCUT2D eigenvalue weighted by Crippen LogP contribution is 2.28. The fraction of sp³-hybridized carbons (Fsp3) is 0. The summed E-state index contributed by atoms with van der Waals surface area (Å²) in [5.41, 5.74) is 2.85. The number of H-pyrrole nitrogens is 1. The highest BCUT2D eigenvalue weighted by molar-refractivity contribution is 6.51. The van der Waals surface area contributed by atoms with Crippen molar-refractivity contribution in [2.24, 2.45) is 0 Å². The Labute approximate surface area is 91.3 Å². The number of nitrogens with one attached hydrogen (secondary N) is 2. The van der Waals surface area contributed by atoms with Crippen molar-refractivity contribution in [3.05, 3.63) is 42.1 Å². The monoisotopic (exact) mass is 212 g/mol. The van der Waals surface area contributed by atoms with Crippen molar-refractivity contribution in [3.8, 4) is 11.3 Å². The molecule has 1 amide bonds. The normalized spacial score (nSPS) is 13.8. The van der Waals surface area contributed by atoms with Crippen molar-refractivity contribution in [2.45, 2.75) is 0 Å². The van der Waals surface area contributed by atoms with Crippen molar-refractivity contribution in [1.82, 2.24) is 4.98 Å². The zero-order valence-corrected chi connectivity index (χ0v) is 8.28. The molecule has 2 N–H and O–H groups in total. The molecule has 1 aromatic carbocycles. The summed E-state index contributed by atoms with van der Waals surface area (Å²) in [6, 6.07) is 9.13. The second-order valence-electron chi connectivity index (χ2n) is 3.63. The van der Waals surface area contributed by atoms with Crippen molar-refractivity contribution < 1.29 is 9.59 Å². The summed E-state index contributed by atoms with van der Waals surface area (Å²) in [7, 11) is 0. The molecular weight excluding hydrogens is 204 g/mol. The molecule has 0 fully saturated rings. The van der Waals surface area contributed by atoms with E-state index in [2.05, 4.69) is 10.3 Å². The van der Waals surface area contributed by atoms with Gasteiger partial charge in [-0.1, -0.05) is 6.07 Å². The minimum absolute atomic E-state index is 0.442. The summed E-state index contributed by atoms with van der Waals surface area (Å²) in [5.74, 6) is -1.03. The Morgan fingerprint density at radius 3 is 2.69 bits per heavy atom.